The number of para-hydroxylation sites is 1. The Bertz CT molecular complexity index is 622. The molecular weight excluding hydrogens is 431 g/mol. The molecule has 0 fully saturated rings. The van der Waals surface area contributed by atoms with Crippen LogP contribution in [0.3, 0.4) is 0 Å². The molecule has 7 heteroatoms. The van der Waals surface area contributed by atoms with Gasteiger partial charge in [-0.15, -0.1) is 24.0 Å². The van der Waals surface area contributed by atoms with Gasteiger partial charge in [-0.3, -0.25) is 4.99 Å². The van der Waals surface area contributed by atoms with E-state index in [1.54, 1.807) is 7.05 Å². The average molecular weight is 458 g/mol. The number of aliphatic imine (C=N–C) groups is 1. The van der Waals surface area contributed by atoms with Crippen LogP contribution in [-0.2, 0) is 19.4 Å². The van der Waals surface area contributed by atoms with Crippen molar-refractivity contribution in [2.45, 2.75) is 33.2 Å². The highest BCUT2D eigenvalue weighted by molar-refractivity contribution is 14.0. The summed E-state index contributed by atoms with van der Waals surface area (Å²) in [5.41, 5.74) is 2.13. The Morgan fingerprint density at radius 1 is 1.16 bits per heavy atom. The normalized spacial score (nSPS) is 10.9. The molecule has 0 saturated carbocycles. The van der Waals surface area contributed by atoms with Crippen molar-refractivity contribution >= 4 is 29.9 Å². The van der Waals surface area contributed by atoms with E-state index >= 15 is 0 Å². The van der Waals surface area contributed by atoms with Gasteiger partial charge in [-0.2, -0.15) is 0 Å². The Hall–Kier alpha value is -1.77. The van der Waals surface area contributed by atoms with E-state index < -0.39 is 0 Å². The van der Waals surface area contributed by atoms with Crippen LogP contribution in [0, 0.1) is 0 Å². The summed E-state index contributed by atoms with van der Waals surface area (Å²) in [6.45, 7) is 6.03. The first kappa shape index (κ1) is 21.3. The summed E-state index contributed by atoms with van der Waals surface area (Å²) in [5, 5.41) is 10.7. The lowest BCUT2D eigenvalue weighted by atomic mass is 10.1. The summed E-state index contributed by atoms with van der Waals surface area (Å²) in [5.74, 6) is 2.53. The summed E-state index contributed by atoms with van der Waals surface area (Å²) in [6, 6.07) is 9.77. The Morgan fingerprint density at radius 2 is 1.92 bits per heavy atom. The molecule has 0 radical (unpaired) electrons. The molecule has 138 valence electrons. The minimum Gasteiger partial charge on any atom is -0.492 e. The van der Waals surface area contributed by atoms with Crippen molar-refractivity contribution in [3.8, 4) is 5.75 Å². The minimum atomic E-state index is 0. The second-order valence-corrected chi connectivity index (χ2v) is 5.25. The van der Waals surface area contributed by atoms with Gasteiger partial charge in [-0.05, 0) is 18.6 Å². The standard InChI is InChI=1S/C18H26N4O2.HI/c1-4-16-15(17(5-2)24-22-16)13-21-18(19-3)20-11-12-23-14-9-7-6-8-10-14;/h6-10H,4-5,11-13H2,1-3H3,(H2,19,20,21);1H. The summed E-state index contributed by atoms with van der Waals surface area (Å²) < 4.78 is 11.0. The fraction of sp³-hybridized carbons (Fsp3) is 0.444. The van der Waals surface area contributed by atoms with E-state index in [4.69, 9.17) is 9.26 Å². The molecular formula is C18H27IN4O2. The SMILES string of the molecule is CCc1noc(CC)c1CNC(=NC)NCCOc1ccccc1.I. The molecule has 0 spiro atoms. The number of ether oxygens (including phenoxy) is 1. The molecule has 0 atom stereocenters. The van der Waals surface area contributed by atoms with Gasteiger partial charge in [0.15, 0.2) is 5.96 Å². The van der Waals surface area contributed by atoms with Gasteiger partial charge in [0.2, 0.25) is 0 Å². The fourth-order valence-corrected chi connectivity index (χ4v) is 2.39. The van der Waals surface area contributed by atoms with Crippen LogP contribution in [0.25, 0.3) is 0 Å². The van der Waals surface area contributed by atoms with Gasteiger partial charge < -0.3 is 19.9 Å². The molecule has 25 heavy (non-hydrogen) atoms. The summed E-state index contributed by atoms with van der Waals surface area (Å²) in [4.78, 5) is 4.23. The summed E-state index contributed by atoms with van der Waals surface area (Å²) in [7, 11) is 1.75. The first-order valence-corrected chi connectivity index (χ1v) is 8.37. The third-order valence-corrected chi connectivity index (χ3v) is 3.67. The third kappa shape index (κ3) is 6.56. The van der Waals surface area contributed by atoms with Crippen molar-refractivity contribution in [1.82, 2.24) is 15.8 Å². The minimum absolute atomic E-state index is 0. The molecule has 0 aliphatic rings. The van der Waals surface area contributed by atoms with Crippen LogP contribution in [0.5, 0.6) is 5.75 Å². The third-order valence-electron chi connectivity index (χ3n) is 3.67. The number of aryl methyl sites for hydroxylation is 2. The molecule has 2 aromatic rings. The van der Waals surface area contributed by atoms with Gasteiger partial charge >= 0.3 is 0 Å². The number of aromatic nitrogens is 1. The zero-order chi connectivity index (χ0) is 17.2. The van der Waals surface area contributed by atoms with Gasteiger partial charge in [-0.1, -0.05) is 37.2 Å². The lowest BCUT2D eigenvalue weighted by Crippen LogP contribution is -2.39. The second kappa shape index (κ2) is 11.7. The van der Waals surface area contributed by atoms with E-state index in [9.17, 15) is 0 Å². The van der Waals surface area contributed by atoms with E-state index in [2.05, 4.69) is 34.6 Å². The fourth-order valence-electron chi connectivity index (χ4n) is 2.39. The topological polar surface area (TPSA) is 71.7 Å². The van der Waals surface area contributed by atoms with E-state index in [-0.39, 0.29) is 24.0 Å². The molecule has 1 aromatic carbocycles. The average Bonchev–Trinajstić information content (AvgIpc) is 3.04. The maximum atomic E-state index is 5.65. The number of nitrogens with one attached hydrogen (secondary N) is 2. The maximum absolute atomic E-state index is 5.65. The van der Waals surface area contributed by atoms with Crippen molar-refractivity contribution in [3.63, 3.8) is 0 Å². The molecule has 0 saturated heterocycles. The van der Waals surface area contributed by atoms with Crippen molar-refractivity contribution in [2.24, 2.45) is 4.99 Å². The summed E-state index contributed by atoms with van der Waals surface area (Å²) >= 11 is 0. The molecule has 0 aliphatic heterocycles. The number of benzene rings is 1. The van der Waals surface area contributed by atoms with Crippen LogP contribution in [0.4, 0.5) is 0 Å². The van der Waals surface area contributed by atoms with Crippen molar-refractivity contribution in [2.75, 3.05) is 20.2 Å². The first-order chi connectivity index (χ1) is 11.8. The lowest BCUT2D eigenvalue weighted by Gasteiger charge is -2.12. The lowest BCUT2D eigenvalue weighted by molar-refractivity contribution is 0.322. The Kier molecular flexibility index (Phi) is 9.98. The quantitative estimate of drug-likeness (QED) is 0.275. The number of halogens is 1. The Balaban J connectivity index is 0.00000312. The van der Waals surface area contributed by atoms with Crippen LogP contribution in [0.15, 0.2) is 39.8 Å². The Labute approximate surface area is 166 Å². The number of hydrogen-bond donors (Lipinski definition) is 2. The van der Waals surface area contributed by atoms with Gasteiger partial charge in [0.1, 0.15) is 18.1 Å². The number of nitrogens with zero attached hydrogens (tertiary/aromatic N) is 2. The molecule has 2 rings (SSSR count). The van der Waals surface area contributed by atoms with E-state index in [0.717, 1.165) is 41.6 Å². The maximum Gasteiger partial charge on any atom is 0.191 e. The van der Waals surface area contributed by atoms with Crippen molar-refractivity contribution in [1.29, 1.82) is 0 Å². The van der Waals surface area contributed by atoms with E-state index in [1.807, 2.05) is 30.3 Å². The van der Waals surface area contributed by atoms with E-state index in [0.29, 0.717) is 19.7 Å². The predicted octanol–water partition coefficient (Wildman–Crippen LogP) is 3.16. The Morgan fingerprint density at radius 3 is 2.56 bits per heavy atom. The molecule has 0 amide bonds. The van der Waals surface area contributed by atoms with Crippen molar-refractivity contribution in [3.05, 3.63) is 47.3 Å². The number of rotatable bonds is 8. The second-order valence-electron chi connectivity index (χ2n) is 5.25. The van der Waals surface area contributed by atoms with Crippen LogP contribution in [-0.4, -0.2) is 31.3 Å². The smallest absolute Gasteiger partial charge is 0.191 e. The zero-order valence-electron chi connectivity index (χ0n) is 15.0. The molecule has 0 aliphatic carbocycles. The van der Waals surface area contributed by atoms with Gasteiger partial charge in [-0.25, -0.2) is 0 Å². The summed E-state index contributed by atoms with van der Waals surface area (Å²) in [6.07, 6.45) is 1.69. The van der Waals surface area contributed by atoms with Crippen LogP contribution < -0.4 is 15.4 Å². The predicted molar refractivity (Wildman–Crippen MR) is 111 cm³/mol. The van der Waals surface area contributed by atoms with Crippen LogP contribution in [0.2, 0.25) is 0 Å². The first-order valence-electron chi connectivity index (χ1n) is 8.37. The van der Waals surface area contributed by atoms with Crippen molar-refractivity contribution < 1.29 is 9.26 Å². The molecule has 0 unspecified atom stereocenters. The number of guanidine groups is 1. The van der Waals surface area contributed by atoms with Crippen LogP contribution >= 0.6 is 24.0 Å². The van der Waals surface area contributed by atoms with Gasteiger partial charge in [0.05, 0.1) is 12.2 Å². The van der Waals surface area contributed by atoms with Gasteiger partial charge in [0.25, 0.3) is 0 Å². The van der Waals surface area contributed by atoms with Crippen LogP contribution in [0.1, 0.15) is 30.9 Å². The molecule has 0 bridgehead atoms. The highest BCUT2D eigenvalue weighted by Gasteiger charge is 2.13. The van der Waals surface area contributed by atoms with E-state index in [1.165, 1.54) is 0 Å². The molecule has 1 aromatic heterocycles. The zero-order valence-corrected chi connectivity index (χ0v) is 17.4. The molecule has 2 N–H and O–H groups in total. The largest absolute Gasteiger partial charge is 0.492 e. The highest BCUT2D eigenvalue weighted by Crippen LogP contribution is 2.15. The van der Waals surface area contributed by atoms with Gasteiger partial charge in [0, 0.05) is 25.6 Å². The highest BCUT2D eigenvalue weighted by atomic mass is 127. The molecule has 1 heterocycles. The monoisotopic (exact) mass is 458 g/mol. The number of hydrogen-bond acceptors (Lipinski definition) is 4. The molecule has 6 nitrogen and oxygen atoms in total.